The van der Waals surface area contributed by atoms with E-state index in [0.717, 1.165) is 11.0 Å². The van der Waals surface area contributed by atoms with Crippen LogP contribution >= 0.6 is 11.6 Å². The van der Waals surface area contributed by atoms with Gasteiger partial charge in [0.2, 0.25) is 0 Å². The standard InChI is InChI=1S/C12H11ClF4N2O2/c1-19(2)9(20)7-4-3-6(13)5-8(7)18-11(21)12(16,17)10(14)15/h3-5,10H,1-2H3,(H,18,21). The van der Waals surface area contributed by atoms with Gasteiger partial charge in [0, 0.05) is 19.1 Å². The molecule has 0 saturated heterocycles. The molecule has 0 aliphatic heterocycles. The van der Waals surface area contributed by atoms with E-state index in [0.29, 0.717) is 0 Å². The molecule has 1 N–H and O–H groups in total. The fourth-order valence-corrected chi connectivity index (χ4v) is 1.52. The monoisotopic (exact) mass is 326 g/mol. The van der Waals surface area contributed by atoms with E-state index in [1.807, 2.05) is 0 Å². The summed E-state index contributed by atoms with van der Waals surface area (Å²) >= 11 is 5.65. The molecule has 9 heteroatoms. The zero-order valence-corrected chi connectivity index (χ0v) is 11.7. The molecule has 1 aromatic carbocycles. The van der Waals surface area contributed by atoms with Crippen molar-refractivity contribution < 1.29 is 27.2 Å². The van der Waals surface area contributed by atoms with E-state index in [1.54, 1.807) is 5.32 Å². The molecule has 0 fully saturated rings. The van der Waals surface area contributed by atoms with Crippen LogP contribution in [0.2, 0.25) is 5.02 Å². The van der Waals surface area contributed by atoms with Crippen molar-refractivity contribution in [2.45, 2.75) is 12.3 Å². The first-order valence-corrected chi connectivity index (χ1v) is 5.93. The quantitative estimate of drug-likeness (QED) is 0.865. The number of alkyl halides is 4. The molecular weight excluding hydrogens is 316 g/mol. The van der Waals surface area contributed by atoms with E-state index in [4.69, 9.17) is 11.6 Å². The highest BCUT2D eigenvalue weighted by Crippen LogP contribution is 2.27. The molecule has 1 aromatic rings. The van der Waals surface area contributed by atoms with E-state index >= 15 is 0 Å². The van der Waals surface area contributed by atoms with Gasteiger partial charge < -0.3 is 10.2 Å². The lowest BCUT2D eigenvalue weighted by Crippen LogP contribution is -2.41. The molecule has 0 spiro atoms. The molecule has 21 heavy (non-hydrogen) atoms. The Labute approximate surface area is 122 Å². The Morgan fingerprint density at radius 3 is 2.33 bits per heavy atom. The van der Waals surface area contributed by atoms with Gasteiger partial charge in [0.25, 0.3) is 5.91 Å². The summed E-state index contributed by atoms with van der Waals surface area (Å²) in [5, 5.41) is 1.65. The van der Waals surface area contributed by atoms with E-state index in [2.05, 4.69) is 0 Å². The third kappa shape index (κ3) is 3.84. The number of nitrogens with zero attached hydrogens (tertiary/aromatic N) is 1. The Bertz CT molecular complexity index is 564. The van der Waals surface area contributed by atoms with E-state index in [-0.39, 0.29) is 16.3 Å². The van der Waals surface area contributed by atoms with Crippen molar-refractivity contribution in [3.05, 3.63) is 28.8 Å². The Morgan fingerprint density at radius 2 is 1.86 bits per heavy atom. The summed E-state index contributed by atoms with van der Waals surface area (Å²) in [6, 6.07) is 3.53. The Hall–Kier alpha value is -1.83. The molecule has 0 unspecified atom stereocenters. The zero-order chi connectivity index (χ0) is 16.4. The van der Waals surface area contributed by atoms with Gasteiger partial charge in [0.15, 0.2) is 0 Å². The topological polar surface area (TPSA) is 49.4 Å². The van der Waals surface area contributed by atoms with Gasteiger partial charge in [-0.2, -0.15) is 8.78 Å². The number of carbonyl (C=O) groups excluding carboxylic acids is 2. The highest BCUT2D eigenvalue weighted by Gasteiger charge is 2.49. The van der Waals surface area contributed by atoms with Crippen LogP contribution in [0.25, 0.3) is 0 Å². The Morgan fingerprint density at radius 1 is 1.29 bits per heavy atom. The van der Waals surface area contributed by atoms with Crippen LogP contribution in [0.1, 0.15) is 10.4 Å². The molecule has 0 saturated carbocycles. The van der Waals surface area contributed by atoms with Crippen molar-refractivity contribution in [1.29, 1.82) is 0 Å². The van der Waals surface area contributed by atoms with Gasteiger partial charge in [-0.25, -0.2) is 8.78 Å². The predicted octanol–water partition coefficient (Wildman–Crippen LogP) is 2.88. The average Bonchev–Trinajstić information content (AvgIpc) is 2.37. The van der Waals surface area contributed by atoms with Crippen molar-refractivity contribution in [1.82, 2.24) is 4.90 Å². The van der Waals surface area contributed by atoms with Crippen molar-refractivity contribution in [2.75, 3.05) is 19.4 Å². The summed E-state index contributed by atoms with van der Waals surface area (Å²) in [5.74, 6) is -7.70. The van der Waals surface area contributed by atoms with Crippen LogP contribution in [0, 0.1) is 0 Å². The van der Waals surface area contributed by atoms with Crippen LogP contribution in [0.15, 0.2) is 18.2 Å². The molecular formula is C12H11ClF4N2O2. The fraction of sp³-hybridized carbons (Fsp3) is 0.333. The van der Waals surface area contributed by atoms with Gasteiger partial charge in [0.1, 0.15) is 0 Å². The molecule has 2 amide bonds. The second-order valence-electron chi connectivity index (χ2n) is 4.27. The SMILES string of the molecule is CN(C)C(=O)c1ccc(Cl)cc1NC(=O)C(F)(F)C(F)F. The lowest BCUT2D eigenvalue weighted by Gasteiger charge is -2.18. The van der Waals surface area contributed by atoms with E-state index in [9.17, 15) is 27.2 Å². The molecule has 4 nitrogen and oxygen atoms in total. The van der Waals surface area contributed by atoms with Crippen LogP contribution in [-0.4, -0.2) is 43.2 Å². The maximum atomic E-state index is 12.9. The molecule has 0 aliphatic carbocycles. The summed E-state index contributed by atoms with van der Waals surface area (Å²) in [4.78, 5) is 24.2. The number of nitrogens with one attached hydrogen (secondary N) is 1. The lowest BCUT2D eigenvalue weighted by atomic mass is 10.1. The van der Waals surface area contributed by atoms with Crippen LogP contribution in [0.5, 0.6) is 0 Å². The molecule has 0 radical (unpaired) electrons. The fourth-order valence-electron chi connectivity index (χ4n) is 1.35. The van der Waals surface area contributed by atoms with Crippen LogP contribution in [0.4, 0.5) is 23.2 Å². The second kappa shape index (κ2) is 6.30. The smallest absolute Gasteiger partial charge is 0.345 e. The van der Waals surface area contributed by atoms with E-state index in [1.165, 1.54) is 26.2 Å². The number of carbonyl (C=O) groups is 2. The number of halogens is 5. The van der Waals surface area contributed by atoms with Crippen LogP contribution in [0.3, 0.4) is 0 Å². The normalized spacial score (nSPS) is 11.4. The van der Waals surface area contributed by atoms with Gasteiger partial charge in [-0.15, -0.1) is 0 Å². The predicted molar refractivity (Wildman–Crippen MR) is 69.1 cm³/mol. The maximum Gasteiger partial charge on any atom is 0.383 e. The van der Waals surface area contributed by atoms with Gasteiger partial charge in [0.05, 0.1) is 11.3 Å². The summed E-state index contributed by atoms with van der Waals surface area (Å²) in [7, 11) is 2.80. The first kappa shape index (κ1) is 17.2. The number of amides is 2. The molecule has 0 aromatic heterocycles. The minimum absolute atomic E-state index is 0.0426. The number of hydrogen-bond donors (Lipinski definition) is 1. The van der Waals surface area contributed by atoms with Crippen molar-refractivity contribution >= 4 is 29.1 Å². The summed E-state index contributed by atoms with van der Waals surface area (Å²) in [6.07, 6.45) is -4.16. The summed E-state index contributed by atoms with van der Waals surface area (Å²) in [6.45, 7) is 0. The second-order valence-corrected chi connectivity index (χ2v) is 4.70. The molecule has 0 bridgehead atoms. The largest absolute Gasteiger partial charge is 0.383 e. The van der Waals surface area contributed by atoms with Gasteiger partial charge in [-0.1, -0.05) is 11.6 Å². The third-order valence-corrected chi connectivity index (χ3v) is 2.68. The van der Waals surface area contributed by atoms with Crippen molar-refractivity contribution in [2.24, 2.45) is 0 Å². The first-order chi connectivity index (χ1) is 9.57. The minimum Gasteiger partial charge on any atom is -0.345 e. The zero-order valence-electron chi connectivity index (χ0n) is 11.0. The van der Waals surface area contributed by atoms with Gasteiger partial charge >= 0.3 is 18.3 Å². The third-order valence-electron chi connectivity index (χ3n) is 2.44. The molecule has 116 valence electrons. The molecule has 0 aliphatic rings. The summed E-state index contributed by atoms with van der Waals surface area (Å²) < 4.78 is 50.1. The number of benzene rings is 1. The number of hydrogen-bond acceptors (Lipinski definition) is 2. The average molecular weight is 327 g/mol. The Kier molecular flexibility index (Phi) is 5.16. The van der Waals surface area contributed by atoms with Crippen LogP contribution in [-0.2, 0) is 4.79 Å². The van der Waals surface area contributed by atoms with Crippen molar-refractivity contribution in [3.63, 3.8) is 0 Å². The minimum atomic E-state index is -4.87. The maximum absolute atomic E-state index is 12.9. The lowest BCUT2D eigenvalue weighted by molar-refractivity contribution is -0.163. The van der Waals surface area contributed by atoms with Crippen LogP contribution < -0.4 is 5.32 Å². The molecule has 1 rings (SSSR count). The van der Waals surface area contributed by atoms with Crippen molar-refractivity contribution in [3.8, 4) is 0 Å². The highest BCUT2D eigenvalue weighted by molar-refractivity contribution is 6.31. The number of anilines is 1. The van der Waals surface area contributed by atoms with Gasteiger partial charge in [-0.05, 0) is 18.2 Å². The summed E-state index contributed by atoms with van der Waals surface area (Å²) in [5.41, 5.74) is -0.519. The number of rotatable bonds is 4. The Balaban J connectivity index is 3.16. The first-order valence-electron chi connectivity index (χ1n) is 5.56. The highest BCUT2D eigenvalue weighted by atomic mass is 35.5. The van der Waals surface area contributed by atoms with E-state index < -0.39 is 24.2 Å². The molecule has 0 atom stereocenters. The molecule has 0 heterocycles. The van der Waals surface area contributed by atoms with Gasteiger partial charge in [-0.3, -0.25) is 9.59 Å².